The van der Waals surface area contributed by atoms with Crippen LogP contribution in [0.25, 0.3) is 0 Å². The van der Waals surface area contributed by atoms with Gasteiger partial charge in [-0.2, -0.15) is 0 Å². The van der Waals surface area contributed by atoms with E-state index < -0.39 is 0 Å². The molecule has 27 heavy (non-hydrogen) atoms. The van der Waals surface area contributed by atoms with Crippen molar-refractivity contribution in [1.82, 2.24) is 0 Å². The quantitative estimate of drug-likeness (QED) is 0.527. The van der Waals surface area contributed by atoms with Crippen LogP contribution in [0.3, 0.4) is 0 Å². The smallest absolute Gasteiger partial charge is 0.163 e. The first kappa shape index (κ1) is 18.6. The summed E-state index contributed by atoms with van der Waals surface area (Å²) in [6.07, 6.45) is 0. The molecule has 3 aromatic carbocycles. The molecular weight excluding hydrogens is 343 g/mol. The third kappa shape index (κ3) is 5.64. The Morgan fingerprint density at radius 1 is 0.778 bits per heavy atom. The van der Waals surface area contributed by atoms with Gasteiger partial charge < -0.3 is 20.1 Å². The van der Waals surface area contributed by atoms with Crippen molar-refractivity contribution >= 4 is 11.4 Å². The summed E-state index contributed by atoms with van der Waals surface area (Å²) < 4.78 is 24.5. The lowest BCUT2D eigenvalue weighted by Gasteiger charge is -2.14. The Bertz CT molecular complexity index is 856. The highest BCUT2D eigenvalue weighted by Crippen LogP contribution is 2.30. The van der Waals surface area contributed by atoms with Crippen molar-refractivity contribution in [3.05, 3.63) is 84.2 Å². The number of benzene rings is 3. The number of anilines is 2. The first-order chi connectivity index (χ1) is 13.2. The maximum absolute atomic E-state index is 13.2. The molecule has 0 fully saturated rings. The summed E-state index contributed by atoms with van der Waals surface area (Å²) in [5, 5.41) is 6.51. The Labute approximate surface area is 158 Å². The Morgan fingerprint density at radius 2 is 1.52 bits per heavy atom. The van der Waals surface area contributed by atoms with E-state index in [1.54, 1.807) is 13.2 Å². The molecule has 0 aliphatic heterocycles. The standard InChI is InChI=1S/C22H23FN2O2/c1-26-21-11-10-20(15-22(21)27-16-17-6-3-2-4-7-17)25-13-12-24-19-9-5-8-18(23)14-19/h2-11,14-15,24-25H,12-13,16H2,1H3. The van der Waals surface area contributed by atoms with Gasteiger partial charge in [-0.05, 0) is 35.9 Å². The predicted octanol–water partition coefficient (Wildman–Crippen LogP) is 4.94. The number of rotatable bonds is 9. The molecule has 0 saturated carbocycles. The third-order valence-corrected chi connectivity index (χ3v) is 4.01. The molecule has 5 heteroatoms. The molecule has 0 aliphatic rings. The van der Waals surface area contributed by atoms with Crippen LogP contribution in [0.1, 0.15) is 5.56 Å². The Kier molecular flexibility index (Phi) is 6.52. The van der Waals surface area contributed by atoms with Crippen LogP contribution in [0, 0.1) is 5.82 Å². The van der Waals surface area contributed by atoms with Gasteiger partial charge in [-0.3, -0.25) is 0 Å². The first-order valence-electron chi connectivity index (χ1n) is 8.82. The van der Waals surface area contributed by atoms with E-state index in [-0.39, 0.29) is 5.82 Å². The van der Waals surface area contributed by atoms with Gasteiger partial charge in [0.25, 0.3) is 0 Å². The van der Waals surface area contributed by atoms with Crippen molar-refractivity contribution in [2.75, 3.05) is 30.8 Å². The molecule has 0 atom stereocenters. The first-order valence-corrected chi connectivity index (χ1v) is 8.82. The van der Waals surface area contributed by atoms with Crippen LogP contribution in [-0.2, 0) is 6.61 Å². The Balaban J connectivity index is 1.54. The van der Waals surface area contributed by atoms with Gasteiger partial charge in [-0.1, -0.05) is 36.4 Å². The number of ether oxygens (including phenoxy) is 2. The van der Waals surface area contributed by atoms with Gasteiger partial charge in [0.15, 0.2) is 11.5 Å². The lowest BCUT2D eigenvalue weighted by molar-refractivity contribution is 0.284. The molecule has 4 nitrogen and oxygen atoms in total. The van der Waals surface area contributed by atoms with Crippen LogP contribution < -0.4 is 20.1 Å². The van der Waals surface area contributed by atoms with Crippen LogP contribution >= 0.6 is 0 Å². The Morgan fingerprint density at radius 3 is 2.22 bits per heavy atom. The zero-order valence-corrected chi connectivity index (χ0v) is 15.2. The van der Waals surface area contributed by atoms with E-state index >= 15 is 0 Å². The normalized spacial score (nSPS) is 10.3. The van der Waals surface area contributed by atoms with Crippen LogP contribution in [0.2, 0.25) is 0 Å². The molecule has 3 aromatic rings. The molecule has 0 heterocycles. The molecule has 140 valence electrons. The minimum absolute atomic E-state index is 0.247. The minimum atomic E-state index is -0.247. The molecule has 0 bridgehead atoms. The maximum atomic E-state index is 13.2. The highest BCUT2D eigenvalue weighted by Gasteiger charge is 2.06. The highest BCUT2D eigenvalue weighted by atomic mass is 19.1. The van der Waals surface area contributed by atoms with E-state index in [9.17, 15) is 4.39 Å². The number of methoxy groups -OCH3 is 1. The molecule has 0 saturated heterocycles. The van der Waals surface area contributed by atoms with Crippen LogP contribution in [0.5, 0.6) is 11.5 Å². The summed E-state index contributed by atoms with van der Waals surface area (Å²) in [6.45, 7) is 1.82. The predicted molar refractivity (Wildman–Crippen MR) is 107 cm³/mol. The summed E-state index contributed by atoms with van der Waals surface area (Å²) in [5.74, 6) is 1.13. The van der Waals surface area contributed by atoms with Crippen molar-refractivity contribution in [3.8, 4) is 11.5 Å². The van der Waals surface area contributed by atoms with Gasteiger partial charge in [-0.25, -0.2) is 4.39 Å². The lowest BCUT2D eigenvalue weighted by atomic mass is 10.2. The zero-order valence-electron chi connectivity index (χ0n) is 15.2. The fourth-order valence-corrected chi connectivity index (χ4v) is 2.65. The van der Waals surface area contributed by atoms with E-state index in [2.05, 4.69) is 10.6 Å². The molecule has 0 unspecified atom stereocenters. The van der Waals surface area contributed by atoms with E-state index in [1.165, 1.54) is 12.1 Å². The van der Waals surface area contributed by atoms with Crippen molar-refractivity contribution in [2.24, 2.45) is 0 Å². The summed E-state index contributed by atoms with van der Waals surface area (Å²) in [4.78, 5) is 0. The van der Waals surface area contributed by atoms with Gasteiger partial charge in [0, 0.05) is 30.5 Å². The fraction of sp³-hybridized carbons (Fsp3) is 0.182. The van der Waals surface area contributed by atoms with E-state index in [1.807, 2.05) is 54.6 Å². The van der Waals surface area contributed by atoms with Gasteiger partial charge >= 0.3 is 0 Å². The number of hydrogen-bond acceptors (Lipinski definition) is 4. The minimum Gasteiger partial charge on any atom is -0.493 e. The van der Waals surface area contributed by atoms with Crippen molar-refractivity contribution in [2.45, 2.75) is 6.61 Å². The summed E-state index contributed by atoms with van der Waals surface area (Å²) in [6, 6.07) is 22.2. The van der Waals surface area contributed by atoms with Gasteiger partial charge in [0.05, 0.1) is 7.11 Å². The SMILES string of the molecule is COc1ccc(NCCNc2cccc(F)c2)cc1OCc1ccccc1. The second kappa shape index (κ2) is 9.48. The van der Waals surface area contributed by atoms with Crippen molar-refractivity contribution < 1.29 is 13.9 Å². The third-order valence-electron chi connectivity index (χ3n) is 4.01. The second-order valence-electron chi connectivity index (χ2n) is 6.00. The second-order valence-corrected chi connectivity index (χ2v) is 6.00. The van der Waals surface area contributed by atoms with Gasteiger partial charge in [0.1, 0.15) is 12.4 Å². The molecule has 0 amide bonds. The lowest BCUT2D eigenvalue weighted by Crippen LogP contribution is -2.13. The molecule has 0 aromatic heterocycles. The number of nitrogens with one attached hydrogen (secondary N) is 2. The van der Waals surface area contributed by atoms with Crippen molar-refractivity contribution in [3.63, 3.8) is 0 Å². The summed E-state index contributed by atoms with van der Waals surface area (Å²) in [7, 11) is 1.63. The molecular formula is C22H23FN2O2. The average molecular weight is 366 g/mol. The molecule has 0 spiro atoms. The van der Waals surface area contributed by atoms with E-state index in [4.69, 9.17) is 9.47 Å². The maximum Gasteiger partial charge on any atom is 0.163 e. The van der Waals surface area contributed by atoms with Gasteiger partial charge in [0.2, 0.25) is 0 Å². The summed E-state index contributed by atoms with van der Waals surface area (Å²) >= 11 is 0. The van der Waals surface area contributed by atoms with Crippen LogP contribution in [0.4, 0.5) is 15.8 Å². The average Bonchev–Trinajstić information content (AvgIpc) is 2.70. The Hall–Kier alpha value is -3.21. The zero-order chi connectivity index (χ0) is 18.9. The number of halogens is 1. The monoisotopic (exact) mass is 366 g/mol. The van der Waals surface area contributed by atoms with Crippen LogP contribution in [-0.4, -0.2) is 20.2 Å². The van der Waals surface area contributed by atoms with E-state index in [0.717, 1.165) is 16.9 Å². The molecule has 2 N–H and O–H groups in total. The largest absolute Gasteiger partial charge is 0.493 e. The van der Waals surface area contributed by atoms with Crippen molar-refractivity contribution in [1.29, 1.82) is 0 Å². The highest BCUT2D eigenvalue weighted by molar-refractivity contribution is 5.55. The number of hydrogen-bond donors (Lipinski definition) is 2. The van der Waals surface area contributed by atoms with Crippen LogP contribution in [0.15, 0.2) is 72.8 Å². The molecule has 0 aliphatic carbocycles. The topological polar surface area (TPSA) is 42.5 Å². The fourth-order valence-electron chi connectivity index (χ4n) is 2.65. The molecule has 0 radical (unpaired) electrons. The summed E-state index contributed by atoms with van der Waals surface area (Å²) in [5.41, 5.74) is 2.79. The molecule has 3 rings (SSSR count). The van der Waals surface area contributed by atoms with Gasteiger partial charge in [-0.15, -0.1) is 0 Å². The van der Waals surface area contributed by atoms with E-state index in [0.29, 0.717) is 31.2 Å².